The van der Waals surface area contributed by atoms with Crippen molar-refractivity contribution in [1.29, 1.82) is 0 Å². The molecular weight excluding hydrogens is 458 g/mol. The van der Waals surface area contributed by atoms with E-state index in [2.05, 4.69) is 35.1 Å². The second-order valence-corrected chi connectivity index (χ2v) is 9.96. The fraction of sp³-hybridized carbons (Fsp3) is 0.400. The molecule has 1 unspecified atom stereocenters. The summed E-state index contributed by atoms with van der Waals surface area (Å²) < 4.78 is 13.1. The molecule has 0 saturated carbocycles. The minimum absolute atomic E-state index is 0.0430. The molecule has 0 saturated heterocycles. The van der Waals surface area contributed by atoms with Gasteiger partial charge in [0.05, 0.1) is 37.5 Å². The molecule has 0 bridgehead atoms. The second kappa shape index (κ2) is 8.95. The van der Waals surface area contributed by atoms with Gasteiger partial charge in [0, 0.05) is 28.4 Å². The molecule has 2 amide bonds. The molecule has 5 rings (SSSR count). The van der Waals surface area contributed by atoms with Crippen LogP contribution in [0.5, 0.6) is 11.5 Å². The van der Waals surface area contributed by atoms with E-state index in [0.717, 1.165) is 25.0 Å². The predicted octanol–water partition coefficient (Wildman–Crippen LogP) is 6.59. The van der Waals surface area contributed by atoms with Crippen LogP contribution in [0.2, 0.25) is 5.02 Å². The number of urea groups is 1. The Balaban J connectivity index is 1.55. The highest BCUT2D eigenvalue weighted by Gasteiger charge is 2.34. The van der Waals surface area contributed by atoms with Crippen LogP contribution < -0.4 is 14.8 Å². The normalized spacial score (nSPS) is 17.0. The highest BCUT2D eigenvalue weighted by Crippen LogP contribution is 2.43. The number of carbonyl (C=O) groups is 1. The van der Waals surface area contributed by atoms with Gasteiger partial charge in [-0.3, -0.25) is 0 Å². The van der Waals surface area contributed by atoms with Gasteiger partial charge >= 0.3 is 6.03 Å². The molecule has 3 aromatic rings. The molecule has 0 fully saturated rings. The number of nitrogens with zero attached hydrogens (tertiary/aromatic N) is 2. The topological polar surface area (TPSA) is 55.7 Å². The van der Waals surface area contributed by atoms with Gasteiger partial charge in [-0.25, -0.2) is 4.79 Å². The second-order valence-electron chi connectivity index (χ2n) is 8.47. The molecule has 33 heavy (non-hydrogen) atoms. The van der Waals surface area contributed by atoms with Crippen LogP contribution in [-0.2, 0) is 19.4 Å². The van der Waals surface area contributed by atoms with Crippen molar-refractivity contribution < 1.29 is 14.3 Å². The molecule has 174 valence electrons. The number of hydrogen-bond donors (Lipinski definition) is 1. The van der Waals surface area contributed by atoms with Crippen LogP contribution >= 0.6 is 22.9 Å². The maximum absolute atomic E-state index is 13.7. The number of benzene rings is 1. The quantitative estimate of drug-likeness (QED) is 0.453. The monoisotopic (exact) mass is 485 g/mol. The molecule has 0 spiro atoms. The summed E-state index contributed by atoms with van der Waals surface area (Å²) in [5, 5.41) is 4.74. The molecule has 6 nitrogen and oxygen atoms in total. The van der Waals surface area contributed by atoms with E-state index < -0.39 is 0 Å². The van der Waals surface area contributed by atoms with Crippen molar-refractivity contribution in [3.05, 3.63) is 57.2 Å². The zero-order valence-electron chi connectivity index (χ0n) is 19.1. The molecule has 1 aliphatic carbocycles. The minimum atomic E-state index is -0.169. The summed E-state index contributed by atoms with van der Waals surface area (Å²) in [7, 11) is 3.12. The highest BCUT2D eigenvalue weighted by atomic mass is 35.5. The first-order valence-corrected chi connectivity index (χ1v) is 12.5. The molecule has 1 aliphatic heterocycles. The van der Waals surface area contributed by atoms with Crippen molar-refractivity contribution in [3.63, 3.8) is 0 Å². The van der Waals surface area contributed by atoms with Crippen molar-refractivity contribution in [2.45, 2.75) is 51.6 Å². The van der Waals surface area contributed by atoms with Gasteiger partial charge in [0.25, 0.3) is 0 Å². The first-order valence-electron chi connectivity index (χ1n) is 11.4. The van der Waals surface area contributed by atoms with Crippen molar-refractivity contribution in [3.8, 4) is 16.5 Å². The van der Waals surface area contributed by atoms with Gasteiger partial charge in [0.1, 0.15) is 16.5 Å². The van der Waals surface area contributed by atoms with Crippen LogP contribution in [0.3, 0.4) is 0 Å². The Morgan fingerprint density at radius 1 is 1.18 bits per heavy atom. The number of nitrogens with one attached hydrogen (secondary N) is 1. The van der Waals surface area contributed by atoms with Gasteiger partial charge in [-0.05, 0) is 55.9 Å². The lowest BCUT2D eigenvalue weighted by Crippen LogP contribution is -2.37. The third-order valence-electron chi connectivity index (χ3n) is 6.67. The van der Waals surface area contributed by atoms with Gasteiger partial charge in [0.15, 0.2) is 0 Å². The Morgan fingerprint density at radius 3 is 2.73 bits per heavy atom. The minimum Gasteiger partial charge on any atom is -0.495 e. The molecule has 1 aromatic carbocycles. The Hall–Kier alpha value is -2.64. The molecule has 8 heteroatoms. The molecule has 2 aliphatic rings. The van der Waals surface area contributed by atoms with Crippen LogP contribution in [0.15, 0.2) is 30.5 Å². The Kier molecular flexibility index (Phi) is 6.01. The number of aryl methyl sites for hydroxylation is 1. The lowest BCUT2D eigenvalue weighted by molar-refractivity contribution is 0.181. The lowest BCUT2D eigenvalue weighted by Gasteiger charge is -2.30. The number of rotatable bonds is 4. The third-order valence-corrected chi connectivity index (χ3v) is 8.30. The molecule has 0 radical (unpaired) electrons. The average molecular weight is 486 g/mol. The largest absolute Gasteiger partial charge is 0.495 e. The number of hydrogen-bond acceptors (Lipinski definition) is 4. The SMILES string of the molecule is CCC1c2cccn2-c2sc3c(c2CN1C(=O)Nc1cc(Cl)c(OC)cc1OC)CCCC3. The number of fused-ring (bicyclic) bond motifs is 5. The van der Waals surface area contributed by atoms with E-state index in [4.69, 9.17) is 21.1 Å². The van der Waals surface area contributed by atoms with Gasteiger partial charge in [-0.15, -0.1) is 11.3 Å². The molecule has 3 heterocycles. The lowest BCUT2D eigenvalue weighted by atomic mass is 9.95. The van der Waals surface area contributed by atoms with Crippen molar-refractivity contribution in [2.75, 3.05) is 19.5 Å². The standard InChI is InChI=1S/C25H28ClN3O3S/c1-4-19-20-9-7-11-28(20)24-16(15-8-5-6-10-23(15)33-24)14-29(19)25(30)27-18-12-17(26)21(31-2)13-22(18)32-3/h7,9,11-13,19H,4-6,8,10,14H2,1-3H3,(H,27,30). The van der Waals surface area contributed by atoms with Crippen molar-refractivity contribution in [1.82, 2.24) is 9.47 Å². The van der Waals surface area contributed by atoms with Gasteiger partial charge in [-0.1, -0.05) is 18.5 Å². The summed E-state index contributed by atoms with van der Waals surface area (Å²) in [5.74, 6) is 1.00. The third kappa shape index (κ3) is 3.77. The Labute approximate surface area is 203 Å². The van der Waals surface area contributed by atoms with Gasteiger partial charge in [-0.2, -0.15) is 0 Å². The van der Waals surface area contributed by atoms with E-state index in [1.165, 1.54) is 33.8 Å². The number of anilines is 1. The number of amides is 2. The number of aromatic nitrogens is 1. The summed E-state index contributed by atoms with van der Waals surface area (Å²) in [6.45, 7) is 2.71. The number of methoxy groups -OCH3 is 2. The summed E-state index contributed by atoms with van der Waals surface area (Å²) in [6, 6.07) is 7.37. The predicted molar refractivity (Wildman–Crippen MR) is 132 cm³/mol. The fourth-order valence-corrected chi connectivity index (χ4v) is 6.70. The number of ether oxygens (including phenoxy) is 2. The van der Waals surface area contributed by atoms with Crippen molar-refractivity contribution >= 4 is 34.7 Å². The van der Waals surface area contributed by atoms with Gasteiger partial charge in [0.2, 0.25) is 0 Å². The zero-order chi connectivity index (χ0) is 23.1. The molecule has 2 aromatic heterocycles. The zero-order valence-corrected chi connectivity index (χ0v) is 20.7. The van der Waals surface area contributed by atoms with Crippen LogP contribution in [0, 0.1) is 0 Å². The molecule has 1 N–H and O–H groups in total. The number of halogens is 1. The van der Waals surface area contributed by atoms with Crippen LogP contribution in [0.4, 0.5) is 10.5 Å². The molecule has 1 atom stereocenters. The van der Waals surface area contributed by atoms with Crippen molar-refractivity contribution in [2.24, 2.45) is 0 Å². The first kappa shape index (κ1) is 22.2. The summed E-state index contributed by atoms with van der Waals surface area (Å²) >= 11 is 8.24. The Morgan fingerprint density at radius 2 is 1.97 bits per heavy atom. The van der Waals surface area contributed by atoms with Crippen LogP contribution in [0.1, 0.15) is 53.9 Å². The average Bonchev–Trinajstić information content (AvgIpc) is 3.41. The maximum atomic E-state index is 13.7. The molecular formula is C25H28ClN3O3S. The van der Waals surface area contributed by atoms with Crippen LogP contribution in [0.25, 0.3) is 5.00 Å². The maximum Gasteiger partial charge on any atom is 0.322 e. The van der Waals surface area contributed by atoms with E-state index in [1.54, 1.807) is 26.4 Å². The summed E-state index contributed by atoms with van der Waals surface area (Å²) in [5.41, 5.74) is 4.40. The van der Waals surface area contributed by atoms with Gasteiger partial charge < -0.3 is 24.3 Å². The van der Waals surface area contributed by atoms with E-state index in [-0.39, 0.29) is 12.1 Å². The first-order chi connectivity index (χ1) is 16.0. The summed E-state index contributed by atoms with van der Waals surface area (Å²) in [4.78, 5) is 17.2. The fourth-order valence-electron chi connectivity index (χ4n) is 5.05. The van der Waals surface area contributed by atoms with E-state index >= 15 is 0 Å². The van der Waals surface area contributed by atoms with E-state index in [1.807, 2.05) is 16.2 Å². The van der Waals surface area contributed by atoms with E-state index in [0.29, 0.717) is 28.8 Å². The van der Waals surface area contributed by atoms with E-state index in [9.17, 15) is 4.79 Å². The number of carbonyl (C=O) groups excluding carboxylic acids is 1. The summed E-state index contributed by atoms with van der Waals surface area (Å²) in [6.07, 6.45) is 7.62. The highest BCUT2D eigenvalue weighted by molar-refractivity contribution is 7.15. The van der Waals surface area contributed by atoms with Crippen LogP contribution in [-0.4, -0.2) is 29.7 Å². The number of thiophene rings is 1. The Bertz CT molecular complexity index is 1200. The smallest absolute Gasteiger partial charge is 0.322 e.